The summed E-state index contributed by atoms with van der Waals surface area (Å²) in [6, 6.07) is 15.2. The van der Waals surface area contributed by atoms with Gasteiger partial charge in [0, 0.05) is 11.3 Å². The maximum absolute atomic E-state index is 4.86. The van der Waals surface area contributed by atoms with Gasteiger partial charge in [-0.3, -0.25) is 4.40 Å². The number of thiazole rings is 1. The molecular weight excluding hydrogens is 276 g/mol. The van der Waals surface area contributed by atoms with Crippen LogP contribution in [0.2, 0.25) is 0 Å². The number of hydrogen-bond acceptors (Lipinski definition) is 2. The molecule has 0 N–H and O–H groups in total. The molecule has 2 aromatic carbocycles. The van der Waals surface area contributed by atoms with Crippen molar-refractivity contribution >= 4 is 26.5 Å². The number of hydrogen-bond donors (Lipinski definition) is 0. The number of nitrogens with zero attached hydrogens (tertiary/aromatic N) is 2. The normalized spacial score (nSPS) is 11.6. The highest BCUT2D eigenvalue weighted by Gasteiger charge is 2.14. The molecule has 0 radical (unpaired) electrons. The van der Waals surface area contributed by atoms with E-state index in [1.165, 1.54) is 32.6 Å². The second-order valence-corrected chi connectivity index (χ2v) is 6.61. The first kappa shape index (κ1) is 12.6. The average Bonchev–Trinajstić information content (AvgIpc) is 2.96. The van der Waals surface area contributed by atoms with Crippen LogP contribution in [-0.4, -0.2) is 9.38 Å². The first-order chi connectivity index (χ1) is 10.1. The van der Waals surface area contributed by atoms with E-state index in [2.05, 4.69) is 67.6 Å². The van der Waals surface area contributed by atoms with Gasteiger partial charge in [0.2, 0.25) is 0 Å². The Morgan fingerprint density at radius 2 is 1.62 bits per heavy atom. The molecule has 0 amide bonds. The van der Waals surface area contributed by atoms with Gasteiger partial charge in [-0.25, -0.2) is 4.98 Å². The summed E-state index contributed by atoms with van der Waals surface area (Å²) in [5, 5.41) is 0. The second-order valence-electron chi connectivity index (χ2n) is 5.60. The Morgan fingerprint density at radius 3 is 2.38 bits per heavy atom. The van der Waals surface area contributed by atoms with Crippen LogP contribution >= 0.6 is 11.3 Å². The molecule has 21 heavy (non-hydrogen) atoms. The lowest BCUT2D eigenvalue weighted by Crippen LogP contribution is -1.86. The molecule has 0 aliphatic carbocycles. The Kier molecular flexibility index (Phi) is 2.66. The van der Waals surface area contributed by atoms with Gasteiger partial charge in [0.15, 0.2) is 4.96 Å². The summed E-state index contributed by atoms with van der Waals surface area (Å²) >= 11 is 1.76. The lowest BCUT2D eigenvalue weighted by Gasteiger charge is -2.01. The Morgan fingerprint density at radius 1 is 0.905 bits per heavy atom. The number of benzene rings is 2. The average molecular weight is 292 g/mol. The molecule has 0 fully saturated rings. The Hall–Kier alpha value is -2.13. The van der Waals surface area contributed by atoms with Crippen LogP contribution in [0.4, 0.5) is 0 Å². The SMILES string of the molecule is Cc1ccc(-c2nc3sc4cc(C)ccc4n3c2C)cc1. The molecule has 2 aromatic heterocycles. The van der Waals surface area contributed by atoms with E-state index < -0.39 is 0 Å². The monoisotopic (exact) mass is 292 g/mol. The molecular formula is C18H16N2S. The third kappa shape index (κ3) is 1.88. The predicted octanol–water partition coefficient (Wildman–Crippen LogP) is 5.14. The van der Waals surface area contributed by atoms with Crippen LogP contribution in [0.5, 0.6) is 0 Å². The number of rotatable bonds is 1. The first-order valence-electron chi connectivity index (χ1n) is 7.09. The van der Waals surface area contributed by atoms with Crippen LogP contribution in [0.15, 0.2) is 42.5 Å². The van der Waals surface area contributed by atoms with Crippen molar-refractivity contribution in [2.75, 3.05) is 0 Å². The van der Waals surface area contributed by atoms with Gasteiger partial charge in [0.05, 0.1) is 15.9 Å². The highest BCUT2D eigenvalue weighted by Crippen LogP contribution is 2.32. The molecule has 0 atom stereocenters. The van der Waals surface area contributed by atoms with Gasteiger partial charge in [-0.05, 0) is 38.5 Å². The Labute approximate surface area is 127 Å². The van der Waals surface area contributed by atoms with Gasteiger partial charge in [-0.2, -0.15) is 0 Å². The van der Waals surface area contributed by atoms with Crippen molar-refractivity contribution in [3.8, 4) is 11.3 Å². The molecule has 0 bridgehead atoms. The van der Waals surface area contributed by atoms with Gasteiger partial charge in [0.1, 0.15) is 0 Å². The lowest BCUT2D eigenvalue weighted by atomic mass is 10.1. The molecule has 4 rings (SSSR count). The third-order valence-electron chi connectivity index (χ3n) is 3.96. The predicted molar refractivity (Wildman–Crippen MR) is 90.2 cm³/mol. The fourth-order valence-corrected chi connectivity index (χ4v) is 3.97. The van der Waals surface area contributed by atoms with Gasteiger partial charge in [0.25, 0.3) is 0 Å². The highest BCUT2D eigenvalue weighted by atomic mass is 32.1. The maximum Gasteiger partial charge on any atom is 0.195 e. The van der Waals surface area contributed by atoms with Crippen molar-refractivity contribution in [2.24, 2.45) is 0 Å². The van der Waals surface area contributed by atoms with E-state index >= 15 is 0 Å². The maximum atomic E-state index is 4.86. The van der Waals surface area contributed by atoms with Crippen molar-refractivity contribution in [3.63, 3.8) is 0 Å². The van der Waals surface area contributed by atoms with Crippen molar-refractivity contribution in [3.05, 3.63) is 59.3 Å². The van der Waals surface area contributed by atoms with E-state index in [1.54, 1.807) is 11.3 Å². The lowest BCUT2D eigenvalue weighted by molar-refractivity contribution is 1.19. The smallest absolute Gasteiger partial charge is 0.195 e. The second kappa shape index (κ2) is 4.43. The molecule has 0 saturated heterocycles. The fourth-order valence-electron chi connectivity index (χ4n) is 2.80. The van der Waals surface area contributed by atoms with E-state index in [9.17, 15) is 0 Å². The van der Waals surface area contributed by atoms with E-state index in [4.69, 9.17) is 4.98 Å². The van der Waals surface area contributed by atoms with Crippen LogP contribution < -0.4 is 0 Å². The fraction of sp³-hybridized carbons (Fsp3) is 0.167. The number of aryl methyl sites for hydroxylation is 3. The zero-order valence-corrected chi connectivity index (χ0v) is 13.2. The summed E-state index contributed by atoms with van der Waals surface area (Å²) in [5.41, 5.74) is 7.31. The summed E-state index contributed by atoms with van der Waals surface area (Å²) in [6.07, 6.45) is 0. The minimum absolute atomic E-state index is 1.07. The summed E-state index contributed by atoms with van der Waals surface area (Å²) in [4.78, 5) is 5.93. The van der Waals surface area contributed by atoms with Gasteiger partial charge in [-0.15, -0.1) is 0 Å². The van der Waals surface area contributed by atoms with E-state index in [0.717, 1.165) is 10.7 Å². The molecule has 0 aliphatic heterocycles. The number of aromatic nitrogens is 2. The van der Waals surface area contributed by atoms with Gasteiger partial charge >= 0.3 is 0 Å². The first-order valence-corrected chi connectivity index (χ1v) is 7.90. The molecule has 2 heterocycles. The topological polar surface area (TPSA) is 17.3 Å². The van der Waals surface area contributed by atoms with Gasteiger partial charge < -0.3 is 0 Å². The van der Waals surface area contributed by atoms with Crippen molar-refractivity contribution < 1.29 is 0 Å². The zero-order valence-electron chi connectivity index (χ0n) is 12.3. The van der Waals surface area contributed by atoms with Crippen LogP contribution in [0.3, 0.4) is 0 Å². The zero-order chi connectivity index (χ0) is 14.6. The minimum atomic E-state index is 1.07. The third-order valence-corrected chi connectivity index (χ3v) is 4.96. The van der Waals surface area contributed by atoms with Crippen LogP contribution in [0, 0.1) is 20.8 Å². The van der Waals surface area contributed by atoms with Gasteiger partial charge in [-0.1, -0.05) is 47.2 Å². The molecule has 0 aliphatic rings. The van der Waals surface area contributed by atoms with E-state index in [1.807, 2.05) is 0 Å². The summed E-state index contributed by atoms with van der Waals surface area (Å²) in [5.74, 6) is 0. The molecule has 0 unspecified atom stereocenters. The minimum Gasteiger partial charge on any atom is -0.287 e. The molecule has 0 spiro atoms. The van der Waals surface area contributed by atoms with Crippen LogP contribution in [0.25, 0.3) is 26.4 Å². The highest BCUT2D eigenvalue weighted by molar-refractivity contribution is 7.23. The Balaban J connectivity index is 2.00. The summed E-state index contributed by atoms with van der Waals surface area (Å²) in [7, 11) is 0. The van der Waals surface area contributed by atoms with Crippen molar-refractivity contribution in [2.45, 2.75) is 20.8 Å². The van der Waals surface area contributed by atoms with E-state index in [-0.39, 0.29) is 0 Å². The summed E-state index contributed by atoms with van der Waals surface area (Å²) in [6.45, 7) is 6.39. The molecule has 3 heteroatoms. The van der Waals surface area contributed by atoms with Crippen LogP contribution in [-0.2, 0) is 0 Å². The van der Waals surface area contributed by atoms with E-state index in [0.29, 0.717) is 0 Å². The molecule has 104 valence electrons. The summed E-state index contributed by atoms with van der Waals surface area (Å²) < 4.78 is 3.57. The van der Waals surface area contributed by atoms with Crippen LogP contribution in [0.1, 0.15) is 16.8 Å². The van der Waals surface area contributed by atoms with Crippen molar-refractivity contribution in [1.82, 2.24) is 9.38 Å². The molecule has 2 nitrogen and oxygen atoms in total. The largest absolute Gasteiger partial charge is 0.287 e. The number of imidazole rings is 1. The standard InChI is InChI=1S/C18H16N2S/c1-11-4-7-14(8-5-11)17-13(3)20-15-9-6-12(2)10-16(15)21-18(20)19-17/h4-10H,1-3H3. The quantitative estimate of drug-likeness (QED) is 0.475. The Bertz CT molecular complexity index is 958. The molecule has 0 saturated carbocycles. The molecule has 4 aromatic rings. The van der Waals surface area contributed by atoms with Crippen molar-refractivity contribution in [1.29, 1.82) is 0 Å². The number of fused-ring (bicyclic) bond motifs is 3.